The topological polar surface area (TPSA) is 48.1 Å². The van der Waals surface area contributed by atoms with Crippen LogP contribution in [0.1, 0.15) is 40.9 Å². The van der Waals surface area contributed by atoms with Gasteiger partial charge in [-0.3, -0.25) is 4.98 Å². The first-order valence-electron chi connectivity index (χ1n) is 9.82. The molecular formula is C25H28N2O. The van der Waals surface area contributed by atoms with Crippen molar-refractivity contribution in [2.45, 2.75) is 32.8 Å². The van der Waals surface area contributed by atoms with Gasteiger partial charge in [0, 0.05) is 12.3 Å². The van der Waals surface area contributed by atoms with Crippen LogP contribution in [-0.4, -0.2) is 11.6 Å². The summed E-state index contributed by atoms with van der Waals surface area (Å²) in [5.74, 6) is 0. The lowest BCUT2D eigenvalue weighted by Crippen LogP contribution is -1.99. The highest BCUT2D eigenvalue weighted by molar-refractivity contribution is 5.69. The highest BCUT2D eigenvalue weighted by Gasteiger charge is 1.98. The fraction of sp³-hybridized carbons (Fsp3) is 0.240. The van der Waals surface area contributed by atoms with Gasteiger partial charge < -0.3 is 10.5 Å². The standard InChI is InChI=1S/C25H28N2O/c1-20-11-13-21(14-12-20)6-2-3-17-28-19-25-10-5-9-24(27-25)16-15-22-7-4-8-23(26)18-22/h4-5,7-16,18H,2-3,6,17,19,26H2,1H3. The van der Waals surface area contributed by atoms with Crippen molar-refractivity contribution >= 4 is 17.8 Å². The van der Waals surface area contributed by atoms with Gasteiger partial charge >= 0.3 is 0 Å². The fourth-order valence-electron chi connectivity index (χ4n) is 2.98. The number of hydrogen-bond acceptors (Lipinski definition) is 3. The molecule has 0 spiro atoms. The first-order chi connectivity index (χ1) is 13.7. The van der Waals surface area contributed by atoms with Gasteiger partial charge in [-0.15, -0.1) is 0 Å². The number of aryl methyl sites for hydroxylation is 2. The Kier molecular flexibility index (Phi) is 7.39. The third-order valence-corrected chi connectivity index (χ3v) is 4.56. The Morgan fingerprint density at radius 3 is 2.57 bits per heavy atom. The molecule has 0 bridgehead atoms. The van der Waals surface area contributed by atoms with E-state index in [0.717, 1.165) is 48.5 Å². The lowest BCUT2D eigenvalue weighted by atomic mass is 10.1. The van der Waals surface area contributed by atoms with Crippen LogP contribution in [0.5, 0.6) is 0 Å². The smallest absolute Gasteiger partial charge is 0.0888 e. The molecule has 144 valence electrons. The first-order valence-corrected chi connectivity index (χ1v) is 9.82. The molecule has 0 aliphatic heterocycles. The van der Waals surface area contributed by atoms with Crippen molar-refractivity contribution in [2.24, 2.45) is 0 Å². The van der Waals surface area contributed by atoms with Crippen molar-refractivity contribution in [3.05, 3.63) is 94.8 Å². The molecule has 3 rings (SSSR count). The Labute approximate surface area is 167 Å². The molecular weight excluding hydrogens is 344 g/mol. The molecule has 2 N–H and O–H groups in total. The fourth-order valence-corrected chi connectivity index (χ4v) is 2.98. The Morgan fingerprint density at radius 2 is 1.75 bits per heavy atom. The Balaban J connectivity index is 1.40. The maximum absolute atomic E-state index is 5.81. The average molecular weight is 373 g/mol. The monoisotopic (exact) mass is 372 g/mol. The third kappa shape index (κ3) is 6.67. The molecule has 0 saturated carbocycles. The van der Waals surface area contributed by atoms with Crippen LogP contribution in [0.15, 0.2) is 66.7 Å². The van der Waals surface area contributed by atoms with E-state index >= 15 is 0 Å². The highest BCUT2D eigenvalue weighted by atomic mass is 16.5. The molecule has 1 aromatic heterocycles. The number of unbranched alkanes of at least 4 members (excludes halogenated alkanes) is 1. The molecule has 28 heavy (non-hydrogen) atoms. The molecule has 0 fully saturated rings. The van der Waals surface area contributed by atoms with Crippen LogP contribution in [0, 0.1) is 6.92 Å². The summed E-state index contributed by atoms with van der Waals surface area (Å²) in [6, 6.07) is 22.6. The SMILES string of the molecule is Cc1ccc(CCCCOCc2cccc(C=Cc3cccc(N)c3)n2)cc1. The van der Waals surface area contributed by atoms with E-state index in [1.165, 1.54) is 11.1 Å². The van der Waals surface area contributed by atoms with Crippen molar-refractivity contribution in [1.82, 2.24) is 4.98 Å². The molecule has 0 radical (unpaired) electrons. The van der Waals surface area contributed by atoms with E-state index in [-0.39, 0.29) is 0 Å². The van der Waals surface area contributed by atoms with Gasteiger partial charge in [-0.2, -0.15) is 0 Å². The number of benzene rings is 2. The summed E-state index contributed by atoms with van der Waals surface area (Å²) in [4.78, 5) is 4.64. The van der Waals surface area contributed by atoms with E-state index in [1.807, 2.05) is 54.6 Å². The number of nitrogens with zero attached hydrogens (tertiary/aromatic N) is 1. The van der Waals surface area contributed by atoms with Crippen LogP contribution in [0.3, 0.4) is 0 Å². The summed E-state index contributed by atoms with van der Waals surface area (Å²) in [6.45, 7) is 3.43. The molecule has 3 heteroatoms. The van der Waals surface area contributed by atoms with E-state index in [0.29, 0.717) is 6.61 Å². The lowest BCUT2D eigenvalue weighted by Gasteiger charge is -2.05. The second-order valence-corrected chi connectivity index (χ2v) is 7.05. The molecule has 0 amide bonds. The lowest BCUT2D eigenvalue weighted by molar-refractivity contribution is 0.114. The number of hydrogen-bond donors (Lipinski definition) is 1. The summed E-state index contributed by atoms with van der Waals surface area (Å²) in [6.07, 6.45) is 7.32. The molecule has 0 unspecified atom stereocenters. The minimum absolute atomic E-state index is 0.546. The van der Waals surface area contributed by atoms with Crippen LogP contribution in [0.25, 0.3) is 12.2 Å². The summed E-state index contributed by atoms with van der Waals surface area (Å²) >= 11 is 0. The second-order valence-electron chi connectivity index (χ2n) is 7.05. The summed E-state index contributed by atoms with van der Waals surface area (Å²) in [5.41, 5.74) is 12.2. The van der Waals surface area contributed by atoms with Crippen molar-refractivity contribution in [3.8, 4) is 0 Å². The van der Waals surface area contributed by atoms with Gasteiger partial charge in [-0.25, -0.2) is 0 Å². The average Bonchev–Trinajstić information content (AvgIpc) is 2.71. The quantitative estimate of drug-likeness (QED) is 0.388. The molecule has 1 heterocycles. The molecule has 0 aliphatic carbocycles. The number of rotatable bonds is 9. The van der Waals surface area contributed by atoms with E-state index in [2.05, 4.69) is 36.2 Å². The normalized spacial score (nSPS) is 11.2. The van der Waals surface area contributed by atoms with Crippen LogP contribution in [0.2, 0.25) is 0 Å². The summed E-state index contributed by atoms with van der Waals surface area (Å²) < 4.78 is 5.81. The van der Waals surface area contributed by atoms with Crippen LogP contribution in [-0.2, 0) is 17.8 Å². The zero-order valence-corrected chi connectivity index (χ0v) is 16.5. The van der Waals surface area contributed by atoms with Gasteiger partial charge in [0.1, 0.15) is 0 Å². The highest BCUT2D eigenvalue weighted by Crippen LogP contribution is 2.11. The molecule has 0 atom stereocenters. The van der Waals surface area contributed by atoms with Gasteiger partial charge in [0.2, 0.25) is 0 Å². The van der Waals surface area contributed by atoms with Gasteiger partial charge in [0.15, 0.2) is 0 Å². The Hall–Kier alpha value is -2.91. The Morgan fingerprint density at radius 1 is 0.929 bits per heavy atom. The maximum atomic E-state index is 5.81. The molecule has 2 aromatic carbocycles. The predicted octanol–water partition coefficient (Wildman–Crippen LogP) is 5.68. The first kappa shape index (κ1) is 19.8. The van der Waals surface area contributed by atoms with E-state index < -0.39 is 0 Å². The number of anilines is 1. The zero-order valence-electron chi connectivity index (χ0n) is 16.5. The van der Waals surface area contributed by atoms with Gasteiger partial charge in [0.25, 0.3) is 0 Å². The number of nitrogens with two attached hydrogens (primary N) is 1. The molecule has 0 aliphatic rings. The minimum atomic E-state index is 0.546. The van der Waals surface area contributed by atoms with Crippen LogP contribution >= 0.6 is 0 Å². The third-order valence-electron chi connectivity index (χ3n) is 4.56. The maximum Gasteiger partial charge on any atom is 0.0888 e. The molecule has 0 saturated heterocycles. The molecule has 3 nitrogen and oxygen atoms in total. The Bertz CT molecular complexity index is 900. The number of pyridine rings is 1. The van der Waals surface area contributed by atoms with Crippen molar-refractivity contribution in [3.63, 3.8) is 0 Å². The van der Waals surface area contributed by atoms with Gasteiger partial charge in [-0.1, -0.05) is 54.1 Å². The van der Waals surface area contributed by atoms with Crippen molar-refractivity contribution in [1.29, 1.82) is 0 Å². The second kappa shape index (κ2) is 10.4. The van der Waals surface area contributed by atoms with Crippen molar-refractivity contribution in [2.75, 3.05) is 12.3 Å². The van der Waals surface area contributed by atoms with Crippen molar-refractivity contribution < 1.29 is 4.74 Å². The van der Waals surface area contributed by atoms with Crippen LogP contribution < -0.4 is 5.73 Å². The van der Waals surface area contributed by atoms with E-state index in [4.69, 9.17) is 10.5 Å². The summed E-state index contributed by atoms with van der Waals surface area (Å²) in [7, 11) is 0. The summed E-state index contributed by atoms with van der Waals surface area (Å²) in [5, 5.41) is 0. The molecule has 3 aromatic rings. The van der Waals surface area contributed by atoms with Gasteiger partial charge in [-0.05, 0) is 67.7 Å². The van der Waals surface area contributed by atoms with E-state index in [1.54, 1.807) is 0 Å². The number of ether oxygens (including phenoxy) is 1. The minimum Gasteiger partial charge on any atom is -0.399 e. The van der Waals surface area contributed by atoms with Gasteiger partial charge in [0.05, 0.1) is 18.0 Å². The zero-order chi connectivity index (χ0) is 19.6. The van der Waals surface area contributed by atoms with Crippen LogP contribution in [0.4, 0.5) is 5.69 Å². The number of nitrogen functional groups attached to an aromatic ring is 1. The number of aromatic nitrogens is 1. The van der Waals surface area contributed by atoms with E-state index in [9.17, 15) is 0 Å². The predicted molar refractivity (Wildman–Crippen MR) is 118 cm³/mol. The largest absolute Gasteiger partial charge is 0.399 e.